The number of hydrogen-bond acceptors (Lipinski definition) is 6. The van der Waals surface area contributed by atoms with Crippen molar-refractivity contribution >= 4 is 11.8 Å². The standard InChI is InChI=1S/C16H22O6/c1-2-3-11-14-10(8-22-16(14)21)6-9(4-5-17)12(18)7-13(19)15(11)20/h4,11-12,15,17-18,20H,2-3,5-8H2,1H3/b9-4-/t11-,12-,15-/m0/s1. The summed E-state index contributed by atoms with van der Waals surface area (Å²) in [4.78, 5) is 24.2. The number of ether oxygens (including phenoxy) is 1. The van der Waals surface area contributed by atoms with Crippen LogP contribution < -0.4 is 0 Å². The molecule has 0 bridgehead atoms. The van der Waals surface area contributed by atoms with Gasteiger partial charge in [-0.2, -0.15) is 0 Å². The molecule has 3 atom stereocenters. The second-order valence-corrected chi connectivity index (χ2v) is 5.76. The number of rotatable bonds is 3. The van der Waals surface area contributed by atoms with Crippen LogP contribution in [-0.4, -0.2) is 52.5 Å². The smallest absolute Gasteiger partial charge is 0.334 e. The van der Waals surface area contributed by atoms with E-state index in [4.69, 9.17) is 9.84 Å². The highest BCUT2D eigenvalue weighted by molar-refractivity contribution is 5.95. The lowest BCUT2D eigenvalue weighted by Gasteiger charge is -2.21. The highest BCUT2D eigenvalue weighted by Gasteiger charge is 2.39. The van der Waals surface area contributed by atoms with Gasteiger partial charge in [0.25, 0.3) is 0 Å². The first-order valence-corrected chi connectivity index (χ1v) is 7.57. The minimum absolute atomic E-state index is 0.102. The summed E-state index contributed by atoms with van der Waals surface area (Å²) < 4.78 is 5.07. The van der Waals surface area contributed by atoms with Crippen molar-refractivity contribution < 1.29 is 29.6 Å². The monoisotopic (exact) mass is 310 g/mol. The SMILES string of the molecule is CCC[C@H]1C2=C(COC2=O)C/C(=C/CO)[C@@H](O)CC(=O)[C@H]1O. The molecule has 2 rings (SSSR count). The van der Waals surface area contributed by atoms with E-state index < -0.39 is 29.9 Å². The van der Waals surface area contributed by atoms with Crippen molar-refractivity contribution in [2.24, 2.45) is 5.92 Å². The van der Waals surface area contributed by atoms with E-state index in [2.05, 4.69) is 0 Å². The summed E-state index contributed by atoms with van der Waals surface area (Å²) in [5.74, 6) is -1.59. The van der Waals surface area contributed by atoms with E-state index in [1.165, 1.54) is 6.08 Å². The third-order valence-electron chi connectivity index (χ3n) is 4.25. The van der Waals surface area contributed by atoms with Crippen molar-refractivity contribution in [1.29, 1.82) is 0 Å². The van der Waals surface area contributed by atoms with Crippen molar-refractivity contribution in [3.8, 4) is 0 Å². The molecule has 122 valence electrons. The van der Waals surface area contributed by atoms with Gasteiger partial charge in [-0.1, -0.05) is 19.4 Å². The molecular formula is C16H22O6. The van der Waals surface area contributed by atoms with Crippen LogP contribution in [0.5, 0.6) is 0 Å². The van der Waals surface area contributed by atoms with Crippen molar-refractivity contribution in [2.75, 3.05) is 13.2 Å². The molecule has 0 radical (unpaired) electrons. The topological polar surface area (TPSA) is 104 Å². The average Bonchev–Trinajstić information content (AvgIpc) is 2.84. The molecule has 0 aromatic rings. The molecule has 0 fully saturated rings. The van der Waals surface area contributed by atoms with Gasteiger partial charge in [-0.05, 0) is 24.0 Å². The summed E-state index contributed by atoms with van der Waals surface area (Å²) in [5.41, 5.74) is 1.52. The number of aliphatic hydroxyl groups is 3. The van der Waals surface area contributed by atoms with Crippen molar-refractivity contribution in [3.05, 3.63) is 22.8 Å². The first-order chi connectivity index (χ1) is 10.5. The molecule has 3 N–H and O–H groups in total. The zero-order valence-electron chi connectivity index (χ0n) is 12.6. The molecule has 0 saturated carbocycles. The maximum atomic E-state index is 12.2. The number of ketones is 1. The van der Waals surface area contributed by atoms with Gasteiger partial charge in [-0.25, -0.2) is 4.79 Å². The van der Waals surface area contributed by atoms with Gasteiger partial charge in [-0.3, -0.25) is 4.79 Å². The van der Waals surface area contributed by atoms with Gasteiger partial charge in [-0.15, -0.1) is 0 Å². The number of cyclic esters (lactones) is 1. The Hall–Kier alpha value is -1.50. The molecule has 0 aromatic heterocycles. The lowest BCUT2D eigenvalue weighted by atomic mass is 9.84. The number of carbonyl (C=O) groups excluding carboxylic acids is 2. The Bertz CT molecular complexity index is 519. The van der Waals surface area contributed by atoms with Crippen LogP contribution >= 0.6 is 0 Å². The van der Waals surface area contributed by atoms with E-state index in [9.17, 15) is 19.8 Å². The Morgan fingerprint density at radius 3 is 2.68 bits per heavy atom. The van der Waals surface area contributed by atoms with E-state index in [0.29, 0.717) is 29.6 Å². The second kappa shape index (κ2) is 7.17. The van der Waals surface area contributed by atoms with Crippen LogP contribution in [0.1, 0.15) is 32.6 Å². The first-order valence-electron chi connectivity index (χ1n) is 7.57. The van der Waals surface area contributed by atoms with Gasteiger partial charge in [0.15, 0.2) is 5.78 Å². The van der Waals surface area contributed by atoms with Gasteiger partial charge in [0.1, 0.15) is 12.7 Å². The van der Waals surface area contributed by atoms with Gasteiger partial charge in [0, 0.05) is 17.9 Å². The lowest BCUT2D eigenvalue weighted by Crippen LogP contribution is -2.34. The number of Topliss-reactive ketones (excluding diaryl/α,β-unsaturated/α-hetero) is 1. The zero-order valence-corrected chi connectivity index (χ0v) is 12.6. The van der Waals surface area contributed by atoms with E-state index in [1.807, 2.05) is 6.92 Å². The largest absolute Gasteiger partial charge is 0.458 e. The summed E-state index contributed by atoms with van der Waals surface area (Å²) in [7, 11) is 0. The molecule has 6 nitrogen and oxygen atoms in total. The minimum atomic E-state index is -1.32. The maximum Gasteiger partial charge on any atom is 0.334 e. The predicted molar refractivity (Wildman–Crippen MR) is 77.8 cm³/mol. The van der Waals surface area contributed by atoms with E-state index in [-0.39, 0.29) is 26.1 Å². The third kappa shape index (κ3) is 3.29. The minimum Gasteiger partial charge on any atom is -0.458 e. The van der Waals surface area contributed by atoms with Gasteiger partial charge >= 0.3 is 5.97 Å². The Kier molecular flexibility index (Phi) is 5.50. The molecule has 1 aliphatic carbocycles. The van der Waals surface area contributed by atoms with Crippen molar-refractivity contribution in [1.82, 2.24) is 0 Å². The van der Waals surface area contributed by atoms with Crippen LogP contribution in [0.15, 0.2) is 22.8 Å². The lowest BCUT2D eigenvalue weighted by molar-refractivity contribution is -0.137. The van der Waals surface area contributed by atoms with Gasteiger partial charge in [0.05, 0.1) is 12.7 Å². The maximum absolute atomic E-state index is 12.2. The molecule has 0 amide bonds. The second-order valence-electron chi connectivity index (χ2n) is 5.76. The number of esters is 1. The van der Waals surface area contributed by atoms with Crippen LogP contribution in [-0.2, 0) is 14.3 Å². The third-order valence-corrected chi connectivity index (χ3v) is 4.25. The Labute approximate surface area is 129 Å². The quantitative estimate of drug-likeness (QED) is 0.510. The molecule has 1 aliphatic heterocycles. The number of carbonyl (C=O) groups is 2. The van der Waals surface area contributed by atoms with Crippen LogP contribution in [0.4, 0.5) is 0 Å². The fraction of sp³-hybridized carbons (Fsp3) is 0.625. The van der Waals surface area contributed by atoms with Crippen LogP contribution in [0.2, 0.25) is 0 Å². The fourth-order valence-electron chi connectivity index (χ4n) is 3.14. The summed E-state index contributed by atoms with van der Waals surface area (Å²) in [6.45, 7) is 1.75. The van der Waals surface area contributed by atoms with Crippen molar-refractivity contribution in [3.63, 3.8) is 0 Å². The molecule has 1 heterocycles. The Morgan fingerprint density at radius 2 is 2.05 bits per heavy atom. The molecular weight excluding hydrogens is 288 g/mol. The number of aliphatic hydroxyl groups excluding tert-OH is 3. The van der Waals surface area contributed by atoms with E-state index in [0.717, 1.165) is 0 Å². The summed E-state index contributed by atoms with van der Waals surface area (Å²) in [6, 6.07) is 0. The molecule has 0 spiro atoms. The zero-order chi connectivity index (χ0) is 16.3. The molecule has 0 unspecified atom stereocenters. The normalized spacial score (nSPS) is 31.6. The summed E-state index contributed by atoms with van der Waals surface area (Å²) in [6.07, 6.45) is 0.304. The highest BCUT2D eigenvalue weighted by Crippen LogP contribution is 2.35. The number of hydrogen-bond donors (Lipinski definition) is 3. The van der Waals surface area contributed by atoms with E-state index in [1.54, 1.807) is 0 Å². The molecule has 2 aliphatic rings. The van der Waals surface area contributed by atoms with Gasteiger partial charge in [0.2, 0.25) is 0 Å². The average molecular weight is 310 g/mol. The van der Waals surface area contributed by atoms with Crippen molar-refractivity contribution in [2.45, 2.75) is 44.8 Å². The molecule has 6 heteroatoms. The van der Waals surface area contributed by atoms with Crippen LogP contribution in [0.25, 0.3) is 0 Å². The Morgan fingerprint density at radius 1 is 1.32 bits per heavy atom. The van der Waals surface area contributed by atoms with E-state index >= 15 is 0 Å². The highest BCUT2D eigenvalue weighted by atomic mass is 16.5. The van der Waals surface area contributed by atoms with Gasteiger partial charge < -0.3 is 20.1 Å². The molecule has 0 saturated heterocycles. The van der Waals surface area contributed by atoms with Crippen LogP contribution in [0, 0.1) is 5.92 Å². The Balaban J connectivity index is 2.49. The fourth-order valence-corrected chi connectivity index (χ4v) is 3.14. The molecule has 22 heavy (non-hydrogen) atoms. The van der Waals surface area contributed by atoms with Crippen LogP contribution in [0.3, 0.4) is 0 Å². The summed E-state index contributed by atoms with van der Waals surface area (Å²) in [5, 5.41) is 29.6. The molecule has 0 aromatic carbocycles. The first kappa shape index (κ1) is 16.9. The predicted octanol–water partition coefficient (Wildman–Crippen LogP) is 0.260. The summed E-state index contributed by atoms with van der Waals surface area (Å²) >= 11 is 0.